The van der Waals surface area contributed by atoms with Gasteiger partial charge in [-0.25, -0.2) is 14.3 Å². The Hall–Kier alpha value is -3.79. The molecule has 0 aliphatic carbocycles. The van der Waals surface area contributed by atoms with Crippen LogP contribution in [-0.2, 0) is 4.74 Å². The van der Waals surface area contributed by atoms with Gasteiger partial charge in [0.2, 0.25) is 0 Å². The molecule has 29 heavy (non-hydrogen) atoms. The molecule has 0 bridgehead atoms. The summed E-state index contributed by atoms with van der Waals surface area (Å²) in [5.74, 6) is -1.04. The van der Waals surface area contributed by atoms with Crippen molar-refractivity contribution in [2.24, 2.45) is 0 Å². The van der Waals surface area contributed by atoms with Crippen molar-refractivity contribution in [1.82, 2.24) is 24.9 Å². The molecule has 2 aromatic heterocycles. The van der Waals surface area contributed by atoms with Crippen LogP contribution < -0.4 is 5.32 Å². The molecule has 3 heterocycles. The first-order valence-electron chi connectivity index (χ1n) is 8.96. The van der Waals surface area contributed by atoms with Crippen LogP contribution in [0.15, 0.2) is 48.8 Å². The largest absolute Gasteiger partial charge is 0.478 e. The number of carbonyl (C=O) groups is 2. The zero-order chi connectivity index (χ0) is 20.2. The smallest absolute Gasteiger partial charge is 0.335 e. The fourth-order valence-electron chi connectivity index (χ4n) is 2.91. The van der Waals surface area contributed by atoms with Crippen LogP contribution in [-0.4, -0.2) is 68.3 Å². The summed E-state index contributed by atoms with van der Waals surface area (Å²) in [6.07, 6.45) is 3.07. The average Bonchev–Trinajstić information content (AvgIpc) is 3.25. The van der Waals surface area contributed by atoms with Crippen LogP contribution in [0.5, 0.6) is 0 Å². The first kappa shape index (κ1) is 18.6. The maximum absolute atomic E-state index is 12.4. The Morgan fingerprint density at radius 3 is 2.72 bits per heavy atom. The Bertz CT molecular complexity index is 1040. The van der Waals surface area contributed by atoms with E-state index in [1.165, 1.54) is 23.0 Å². The number of urea groups is 1. The fourth-order valence-corrected chi connectivity index (χ4v) is 2.91. The number of aromatic nitrogens is 4. The van der Waals surface area contributed by atoms with E-state index in [1.54, 1.807) is 29.3 Å². The normalized spacial score (nSPS) is 13.9. The summed E-state index contributed by atoms with van der Waals surface area (Å²) in [6.45, 7) is 2.18. The number of anilines is 1. The molecule has 10 nitrogen and oxygen atoms in total. The van der Waals surface area contributed by atoms with Crippen LogP contribution in [0.3, 0.4) is 0 Å². The Labute approximate surface area is 165 Å². The molecule has 10 heteroatoms. The minimum atomic E-state index is -1.04. The van der Waals surface area contributed by atoms with Gasteiger partial charge in [0.25, 0.3) is 0 Å². The number of rotatable bonds is 4. The second-order valence-electron chi connectivity index (χ2n) is 6.36. The summed E-state index contributed by atoms with van der Waals surface area (Å²) in [7, 11) is 0. The zero-order valence-corrected chi connectivity index (χ0v) is 15.4. The van der Waals surface area contributed by atoms with Gasteiger partial charge in [0.1, 0.15) is 5.69 Å². The van der Waals surface area contributed by atoms with E-state index in [0.717, 1.165) is 0 Å². The van der Waals surface area contributed by atoms with Crippen molar-refractivity contribution in [2.45, 2.75) is 0 Å². The van der Waals surface area contributed by atoms with E-state index in [2.05, 4.69) is 20.6 Å². The molecule has 0 unspecified atom stereocenters. The van der Waals surface area contributed by atoms with Crippen molar-refractivity contribution < 1.29 is 19.4 Å². The standard InChI is InChI=1S/C19H18N6O4/c26-18(27)13-4-5-20-16(10-13)17-12-25(23-22-17)15-3-1-2-14(11-15)21-19(28)24-6-8-29-9-7-24/h1-5,10-12H,6-9H2,(H,21,28)(H,26,27). The number of nitrogens with one attached hydrogen (secondary N) is 1. The molecule has 0 radical (unpaired) electrons. The van der Waals surface area contributed by atoms with Crippen LogP contribution in [0.1, 0.15) is 10.4 Å². The molecule has 0 saturated carbocycles. The van der Waals surface area contributed by atoms with Crippen LogP contribution in [0.25, 0.3) is 17.1 Å². The third kappa shape index (κ3) is 4.22. The van der Waals surface area contributed by atoms with Gasteiger partial charge in [-0.05, 0) is 30.3 Å². The van der Waals surface area contributed by atoms with E-state index < -0.39 is 5.97 Å². The number of ether oxygens (including phenoxy) is 1. The average molecular weight is 394 g/mol. The van der Waals surface area contributed by atoms with E-state index in [1.807, 2.05) is 6.07 Å². The third-order valence-corrected chi connectivity index (χ3v) is 4.42. The molecule has 0 atom stereocenters. The number of hydrogen-bond donors (Lipinski definition) is 2. The first-order chi connectivity index (χ1) is 14.1. The molecule has 1 aliphatic heterocycles. The Kier molecular flexibility index (Phi) is 5.16. The van der Waals surface area contributed by atoms with Crippen LogP contribution in [0.4, 0.5) is 10.5 Å². The fraction of sp³-hybridized carbons (Fsp3) is 0.211. The maximum Gasteiger partial charge on any atom is 0.335 e. The van der Waals surface area contributed by atoms with Crippen molar-refractivity contribution in [2.75, 3.05) is 31.6 Å². The monoisotopic (exact) mass is 394 g/mol. The summed E-state index contributed by atoms with van der Waals surface area (Å²) in [5, 5.41) is 20.2. The van der Waals surface area contributed by atoms with Gasteiger partial charge in [-0.1, -0.05) is 11.3 Å². The van der Waals surface area contributed by atoms with Gasteiger partial charge in [0.15, 0.2) is 0 Å². The molecule has 3 aromatic rings. The molecule has 1 aromatic carbocycles. The number of hydrogen-bond acceptors (Lipinski definition) is 6. The SMILES string of the molecule is O=C(O)c1ccnc(-c2cn(-c3cccc(NC(=O)N4CCOCC4)c3)nn2)c1. The minimum Gasteiger partial charge on any atom is -0.478 e. The number of aromatic carboxylic acids is 1. The van der Waals surface area contributed by atoms with Crippen LogP contribution >= 0.6 is 0 Å². The summed E-state index contributed by atoms with van der Waals surface area (Å²) >= 11 is 0. The van der Waals surface area contributed by atoms with Gasteiger partial charge < -0.3 is 20.1 Å². The van der Waals surface area contributed by atoms with Gasteiger partial charge in [0, 0.05) is 25.0 Å². The predicted molar refractivity (Wildman–Crippen MR) is 103 cm³/mol. The number of carbonyl (C=O) groups excluding carboxylic acids is 1. The van der Waals surface area contributed by atoms with E-state index in [4.69, 9.17) is 9.84 Å². The highest BCUT2D eigenvalue weighted by molar-refractivity contribution is 5.90. The van der Waals surface area contributed by atoms with Gasteiger partial charge in [-0.15, -0.1) is 5.10 Å². The number of pyridine rings is 1. The predicted octanol–water partition coefficient (Wildman–Crippen LogP) is 1.89. The number of carboxylic acid groups (broad SMARTS) is 1. The number of amides is 2. The molecule has 1 saturated heterocycles. The highest BCUT2D eigenvalue weighted by Crippen LogP contribution is 2.19. The second kappa shape index (κ2) is 8.07. The molecule has 4 rings (SSSR count). The third-order valence-electron chi connectivity index (χ3n) is 4.42. The van der Waals surface area contributed by atoms with Crippen molar-refractivity contribution >= 4 is 17.7 Å². The lowest BCUT2D eigenvalue weighted by molar-refractivity contribution is 0.0564. The quantitative estimate of drug-likeness (QED) is 0.693. The lowest BCUT2D eigenvalue weighted by Gasteiger charge is -2.26. The Morgan fingerprint density at radius 2 is 1.93 bits per heavy atom. The molecule has 0 spiro atoms. The van der Waals surface area contributed by atoms with Crippen molar-refractivity contribution in [3.63, 3.8) is 0 Å². The Morgan fingerprint density at radius 1 is 1.10 bits per heavy atom. The van der Waals surface area contributed by atoms with Crippen LogP contribution in [0, 0.1) is 0 Å². The number of nitrogens with zero attached hydrogens (tertiary/aromatic N) is 5. The summed E-state index contributed by atoms with van der Waals surface area (Å²) in [5.41, 5.74) is 2.29. The maximum atomic E-state index is 12.4. The molecular formula is C19H18N6O4. The molecule has 1 fully saturated rings. The summed E-state index contributed by atoms with van der Waals surface area (Å²) in [4.78, 5) is 29.4. The minimum absolute atomic E-state index is 0.123. The molecule has 2 N–H and O–H groups in total. The first-order valence-corrected chi connectivity index (χ1v) is 8.96. The molecule has 2 amide bonds. The van der Waals surface area contributed by atoms with Gasteiger partial charge in [-0.2, -0.15) is 0 Å². The molecule has 148 valence electrons. The number of carboxylic acids is 1. The van der Waals surface area contributed by atoms with E-state index in [0.29, 0.717) is 49.1 Å². The van der Waals surface area contributed by atoms with Gasteiger partial charge in [-0.3, -0.25) is 4.98 Å². The Balaban J connectivity index is 1.52. The zero-order valence-electron chi connectivity index (χ0n) is 15.4. The topological polar surface area (TPSA) is 122 Å². The molecular weight excluding hydrogens is 376 g/mol. The highest BCUT2D eigenvalue weighted by atomic mass is 16.5. The van der Waals surface area contributed by atoms with Crippen molar-refractivity contribution in [3.05, 3.63) is 54.4 Å². The number of morpholine rings is 1. The van der Waals surface area contributed by atoms with E-state index >= 15 is 0 Å². The van der Waals surface area contributed by atoms with Crippen LogP contribution in [0.2, 0.25) is 0 Å². The summed E-state index contributed by atoms with van der Waals surface area (Å²) < 4.78 is 6.79. The lowest BCUT2D eigenvalue weighted by Crippen LogP contribution is -2.43. The van der Waals surface area contributed by atoms with Crippen molar-refractivity contribution in [1.29, 1.82) is 0 Å². The van der Waals surface area contributed by atoms with Gasteiger partial charge >= 0.3 is 12.0 Å². The number of benzene rings is 1. The summed E-state index contributed by atoms with van der Waals surface area (Å²) in [6, 6.07) is 9.86. The van der Waals surface area contributed by atoms with Gasteiger partial charge in [0.05, 0.1) is 36.4 Å². The lowest BCUT2D eigenvalue weighted by atomic mass is 10.2. The van der Waals surface area contributed by atoms with Crippen molar-refractivity contribution in [3.8, 4) is 17.1 Å². The molecule has 1 aliphatic rings. The van der Waals surface area contributed by atoms with E-state index in [-0.39, 0.29) is 11.6 Å². The second-order valence-corrected chi connectivity index (χ2v) is 6.36. The highest BCUT2D eigenvalue weighted by Gasteiger charge is 2.17. The van der Waals surface area contributed by atoms with E-state index in [9.17, 15) is 9.59 Å².